The molecule has 1 aliphatic rings. The standard InChI is InChI=1S/C18H20BF2NO4/c1-2-5-24-17-7-12(3-4-16(17)26-18(20)21)13-6-14(10-22-9-13)15-8-19(23)25-11-15/h3-4,6-7,9-10,15,18,23H,2,5,8,11H2,1H3. The van der Waals surface area contributed by atoms with E-state index in [0.29, 0.717) is 19.5 Å². The van der Waals surface area contributed by atoms with Gasteiger partial charge in [0.25, 0.3) is 0 Å². The number of halogens is 2. The molecule has 138 valence electrons. The summed E-state index contributed by atoms with van der Waals surface area (Å²) in [5.41, 5.74) is 2.57. The minimum Gasteiger partial charge on any atom is -0.490 e. The fraction of sp³-hybridized carbons (Fsp3) is 0.389. The van der Waals surface area contributed by atoms with Crippen LogP contribution in [0.3, 0.4) is 0 Å². The number of ether oxygens (including phenoxy) is 2. The first-order valence-corrected chi connectivity index (χ1v) is 8.53. The van der Waals surface area contributed by atoms with Crippen LogP contribution < -0.4 is 9.47 Å². The van der Waals surface area contributed by atoms with E-state index in [-0.39, 0.29) is 17.4 Å². The van der Waals surface area contributed by atoms with Gasteiger partial charge in [-0.2, -0.15) is 8.78 Å². The Balaban J connectivity index is 1.88. The van der Waals surface area contributed by atoms with E-state index in [2.05, 4.69) is 9.72 Å². The first-order valence-electron chi connectivity index (χ1n) is 8.53. The van der Waals surface area contributed by atoms with E-state index in [1.54, 1.807) is 24.5 Å². The SMILES string of the molecule is CCCOc1cc(-c2cncc(C3COB(O)C3)c2)ccc1OC(F)F. The predicted molar refractivity (Wildman–Crippen MR) is 93.6 cm³/mol. The van der Waals surface area contributed by atoms with Crippen molar-refractivity contribution in [3.63, 3.8) is 0 Å². The number of aromatic nitrogens is 1. The highest BCUT2D eigenvalue weighted by atomic mass is 19.3. The maximum atomic E-state index is 12.6. The van der Waals surface area contributed by atoms with Crippen molar-refractivity contribution in [2.45, 2.75) is 32.2 Å². The molecule has 1 unspecified atom stereocenters. The number of pyridine rings is 1. The van der Waals surface area contributed by atoms with Gasteiger partial charge in [0.2, 0.25) is 0 Å². The third kappa shape index (κ3) is 4.50. The molecule has 1 saturated heterocycles. The van der Waals surface area contributed by atoms with E-state index < -0.39 is 13.7 Å². The van der Waals surface area contributed by atoms with Crippen molar-refractivity contribution < 1.29 is 27.9 Å². The molecule has 0 saturated carbocycles. The molecular formula is C18H20BF2NO4. The lowest BCUT2D eigenvalue weighted by Crippen LogP contribution is -2.07. The Hall–Kier alpha value is -2.19. The Kier molecular flexibility index (Phi) is 6.06. The van der Waals surface area contributed by atoms with Crippen LogP contribution in [0.25, 0.3) is 11.1 Å². The molecule has 0 bridgehead atoms. The van der Waals surface area contributed by atoms with E-state index in [0.717, 1.165) is 23.1 Å². The summed E-state index contributed by atoms with van der Waals surface area (Å²) in [5, 5.41) is 9.53. The van der Waals surface area contributed by atoms with Gasteiger partial charge in [-0.3, -0.25) is 4.98 Å². The van der Waals surface area contributed by atoms with Gasteiger partial charge < -0.3 is 19.2 Å². The molecule has 0 radical (unpaired) electrons. The number of rotatable bonds is 7. The summed E-state index contributed by atoms with van der Waals surface area (Å²) in [6.45, 7) is -0.136. The highest BCUT2D eigenvalue weighted by Crippen LogP contribution is 2.35. The Morgan fingerprint density at radius 1 is 1.27 bits per heavy atom. The second-order valence-electron chi connectivity index (χ2n) is 6.12. The molecule has 0 spiro atoms. The number of nitrogens with zero attached hydrogens (tertiary/aromatic N) is 1. The van der Waals surface area contributed by atoms with Gasteiger partial charge in [0.05, 0.1) is 6.61 Å². The fourth-order valence-corrected chi connectivity index (χ4v) is 2.88. The lowest BCUT2D eigenvalue weighted by atomic mass is 9.80. The molecule has 26 heavy (non-hydrogen) atoms. The number of hydrogen-bond donors (Lipinski definition) is 1. The monoisotopic (exact) mass is 363 g/mol. The van der Waals surface area contributed by atoms with Gasteiger partial charge in [-0.15, -0.1) is 0 Å². The van der Waals surface area contributed by atoms with Crippen molar-refractivity contribution >= 4 is 7.12 Å². The molecule has 2 heterocycles. The van der Waals surface area contributed by atoms with Crippen LogP contribution >= 0.6 is 0 Å². The fourth-order valence-electron chi connectivity index (χ4n) is 2.88. The lowest BCUT2D eigenvalue weighted by molar-refractivity contribution is -0.0514. The van der Waals surface area contributed by atoms with Gasteiger partial charge in [0.1, 0.15) is 0 Å². The highest BCUT2D eigenvalue weighted by Gasteiger charge is 2.30. The molecule has 0 aliphatic carbocycles. The topological polar surface area (TPSA) is 60.8 Å². The summed E-state index contributed by atoms with van der Waals surface area (Å²) in [5.74, 6) is 0.359. The van der Waals surface area contributed by atoms with Crippen LogP contribution in [0, 0.1) is 0 Å². The van der Waals surface area contributed by atoms with Crippen molar-refractivity contribution in [2.75, 3.05) is 13.2 Å². The van der Waals surface area contributed by atoms with Crippen LogP contribution in [-0.2, 0) is 4.65 Å². The smallest absolute Gasteiger partial charge is 0.454 e. The van der Waals surface area contributed by atoms with Gasteiger partial charge in [0, 0.05) is 30.5 Å². The highest BCUT2D eigenvalue weighted by molar-refractivity contribution is 6.43. The van der Waals surface area contributed by atoms with E-state index in [4.69, 9.17) is 9.39 Å². The van der Waals surface area contributed by atoms with Crippen LogP contribution in [0.15, 0.2) is 36.7 Å². The largest absolute Gasteiger partial charge is 0.490 e. The van der Waals surface area contributed by atoms with E-state index >= 15 is 0 Å². The maximum absolute atomic E-state index is 12.6. The number of hydrogen-bond acceptors (Lipinski definition) is 5. The number of alkyl halides is 2. The average molecular weight is 363 g/mol. The molecule has 8 heteroatoms. The first-order chi connectivity index (χ1) is 12.6. The third-order valence-corrected chi connectivity index (χ3v) is 4.16. The van der Waals surface area contributed by atoms with E-state index in [1.807, 2.05) is 13.0 Å². The average Bonchev–Trinajstić information content (AvgIpc) is 3.07. The minimum atomic E-state index is -2.91. The molecule has 1 aromatic carbocycles. The van der Waals surface area contributed by atoms with Crippen molar-refractivity contribution in [3.8, 4) is 22.6 Å². The molecule has 2 aromatic rings. The zero-order valence-electron chi connectivity index (χ0n) is 14.4. The van der Waals surface area contributed by atoms with Crippen molar-refractivity contribution in [2.24, 2.45) is 0 Å². The van der Waals surface area contributed by atoms with Gasteiger partial charge in [0.15, 0.2) is 11.5 Å². The van der Waals surface area contributed by atoms with Crippen LogP contribution in [0.1, 0.15) is 24.8 Å². The van der Waals surface area contributed by atoms with Crippen molar-refractivity contribution in [1.29, 1.82) is 0 Å². The zero-order valence-corrected chi connectivity index (χ0v) is 14.4. The van der Waals surface area contributed by atoms with Gasteiger partial charge >= 0.3 is 13.7 Å². The molecule has 3 rings (SSSR count). The summed E-state index contributed by atoms with van der Waals surface area (Å²) in [6, 6.07) is 6.80. The summed E-state index contributed by atoms with van der Waals surface area (Å²) < 4.78 is 40.5. The zero-order chi connectivity index (χ0) is 18.5. The molecule has 0 amide bonds. The molecule has 1 N–H and O–H groups in total. The normalized spacial score (nSPS) is 17.0. The van der Waals surface area contributed by atoms with E-state index in [1.165, 1.54) is 6.07 Å². The summed E-state index contributed by atoms with van der Waals surface area (Å²) in [4.78, 5) is 4.26. The summed E-state index contributed by atoms with van der Waals surface area (Å²) in [7, 11) is -0.747. The Labute approximate surface area is 151 Å². The molecule has 1 aliphatic heterocycles. The van der Waals surface area contributed by atoms with Crippen LogP contribution in [0.2, 0.25) is 6.32 Å². The van der Waals surface area contributed by atoms with Crippen molar-refractivity contribution in [1.82, 2.24) is 4.98 Å². The maximum Gasteiger partial charge on any atom is 0.454 e. The summed E-state index contributed by atoms with van der Waals surface area (Å²) in [6.07, 6.45) is 4.72. The quantitative estimate of drug-likeness (QED) is 0.760. The summed E-state index contributed by atoms with van der Waals surface area (Å²) >= 11 is 0. The second-order valence-corrected chi connectivity index (χ2v) is 6.12. The lowest BCUT2D eigenvalue weighted by Gasteiger charge is -2.14. The van der Waals surface area contributed by atoms with Crippen LogP contribution in [0.4, 0.5) is 8.78 Å². The van der Waals surface area contributed by atoms with Gasteiger partial charge in [-0.25, -0.2) is 0 Å². The molecule has 1 aromatic heterocycles. The second kappa shape index (κ2) is 8.46. The molecular weight excluding hydrogens is 343 g/mol. The van der Waals surface area contributed by atoms with Crippen LogP contribution in [-0.4, -0.2) is 37.0 Å². The Morgan fingerprint density at radius 3 is 2.81 bits per heavy atom. The van der Waals surface area contributed by atoms with Crippen molar-refractivity contribution in [3.05, 3.63) is 42.2 Å². The Morgan fingerprint density at radius 2 is 2.12 bits per heavy atom. The molecule has 1 fully saturated rings. The molecule has 1 atom stereocenters. The van der Waals surface area contributed by atoms with E-state index in [9.17, 15) is 13.8 Å². The van der Waals surface area contributed by atoms with Gasteiger partial charge in [-0.1, -0.05) is 13.0 Å². The number of benzene rings is 1. The minimum absolute atomic E-state index is 0.00799. The predicted octanol–water partition coefficient (Wildman–Crippen LogP) is 3.73. The van der Waals surface area contributed by atoms with Gasteiger partial charge in [-0.05, 0) is 42.1 Å². The van der Waals surface area contributed by atoms with Crippen LogP contribution in [0.5, 0.6) is 11.5 Å². The first kappa shape index (κ1) is 18.6. The molecule has 5 nitrogen and oxygen atoms in total. The third-order valence-electron chi connectivity index (χ3n) is 4.16. The Bertz CT molecular complexity index is 747.